The Labute approximate surface area is 95.7 Å². The summed E-state index contributed by atoms with van der Waals surface area (Å²) in [4.78, 5) is 0. The second kappa shape index (κ2) is 4.09. The largest absolute Gasteiger partial charge is 0.207 e. The van der Waals surface area contributed by atoms with Crippen LogP contribution in [-0.4, -0.2) is 0 Å². The van der Waals surface area contributed by atoms with Gasteiger partial charge in [0, 0.05) is 0 Å². The van der Waals surface area contributed by atoms with Crippen molar-refractivity contribution in [1.82, 2.24) is 0 Å². The van der Waals surface area contributed by atoms with Gasteiger partial charge in [-0.05, 0) is 66.8 Å². The van der Waals surface area contributed by atoms with Gasteiger partial charge in [0.05, 0.1) is 0 Å². The Morgan fingerprint density at radius 3 is 2.06 bits per heavy atom. The van der Waals surface area contributed by atoms with Crippen LogP contribution in [0.4, 0.5) is 4.39 Å². The van der Waals surface area contributed by atoms with E-state index in [0.717, 1.165) is 22.3 Å². The number of aryl methyl sites for hydroxylation is 3. The number of benzene rings is 2. The molecule has 0 atom stereocenters. The lowest BCUT2D eigenvalue weighted by Crippen LogP contribution is -1.86. The lowest BCUT2D eigenvalue weighted by Gasteiger charge is -2.06. The van der Waals surface area contributed by atoms with Crippen LogP contribution in [-0.2, 0) is 0 Å². The highest BCUT2D eigenvalue weighted by Crippen LogP contribution is 2.23. The molecule has 0 spiro atoms. The van der Waals surface area contributed by atoms with Gasteiger partial charge < -0.3 is 0 Å². The third-order valence-electron chi connectivity index (χ3n) is 2.63. The normalized spacial score (nSPS) is 10.5. The molecule has 0 nitrogen and oxygen atoms in total. The fourth-order valence-corrected chi connectivity index (χ4v) is 1.88. The van der Waals surface area contributed by atoms with Crippen LogP contribution in [0, 0.1) is 32.7 Å². The second-order valence-electron chi connectivity index (χ2n) is 4.20. The molecule has 0 fully saturated rings. The summed E-state index contributed by atoms with van der Waals surface area (Å²) < 4.78 is 13.2. The summed E-state index contributed by atoms with van der Waals surface area (Å²) in [6, 6.07) is 12.6. The van der Waals surface area contributed by atoms with E-state index in [1.165, 1.54) is 6.07 Å². The first-order valence-electron chi connectivity index (χ1n) is 5.33. The first kappa shape index (κ1) is 10.9. The molecule has 0 saturated heterocycles. The summed E-state index contributed by atoms with van der Waals surface area (Å²) in [7, 11) is 0. The Morgan fingerprint density at radius 2 is 1.50 bits per heavy atom. The molecule has 16 heavy (non-hydrogen) atoms. The van der Waals surface area contributed by atoms with Gasteiger partial charge >= 0.3 is 0 Å². The van der Waals surface area contributed by atoms with Crippen molar-refractivity contribution in [3.8, 4) is 11.1 Å². The third-order valence-corrected chi connectivity index (χ3v) is 2.63. The zero-order valence-corrected chi connectivity index (χ0v) is 9.76. The summed E-state index contributed by atoms with van der Waals surface area (Å²) in [5.74, 6) is -0.153. The zero-order chi connectivity index (χ0) is 11.7. The summed E-state index contributed by atoms with van der Waals surface area (Å²) >= 11 is 0. The van der Waals surface area contributed by atoms with Crippen LogP contribution in [0.2, 0.25) is 0 Å². The van der Waals surface area contributed by atoms with Crippen LogP contribution in [0.5, 0.6) is 0 Å². The molecule has 1 radical (unpaired) electrons. The summed E-state index contributed by atoms with van der Waals surface area (Å²) in [5, 5.41) is 0. The summed E-state index contributed by atoms with van der Waals surface area (Å²) in [6.07, 6.45) is 0. The van der Waals surface area contributed by atoms with Crippen LogP contribution in [0.15, 0.2) is 30.3 Å². The van der Waals surface area contributed by atoms with Gasteiger partial charge in [-0.3, -0.25) is 0 Å². The molecule has 81 valence electrons. The smallest absolute Gasteiger partial charge is 0.126 e. The Kier molecular flexibility index (Phi) is 2.78. The minimum absolute atomic E-state index is 0.153. The maximum atomic E-state index is 13.2. The van der Waals surface area contributed by atoms with Gasteiger partial charge in [-0.1, -0.05) is 18.2 Å². The zero-order valence-electron chi connectivity index (χ0n) is 9.76. The van der Waals surface area contributed by atoms with Crippen LogP contribution < -0.4 is 0 Å². The molecule has 0 aromatic heterocycles. The van der Waals surface area contributed by atoms with E-state index in [-0.39, 0.29) is 5.82 Å². The molecule has 2 rings (SSSR count). The predicted molar refractivity (Wildman–Crippen MR) is 64.9 cm³/mol. The molecule has 1 heteroatoms. The topological polar surface area (TPSA) is 0 Å². The number of hydrogen-bond acceptors (Lipinski definition) is 0. The van der Waals surface area contributed by atoms with Gasteiger partial charge in [0.2, 0.25) is 0 Å². The van der Waals surface area contributed by atoms with E-state index < -0.39 is 0 Å². The highest BCUT2D eigenvalue weighted by molar-refractivity contribution is 5.65. The van der Waals surface area contributed by atoms with Gasteiger partial charge in [0.1, 0.15) is 5.82 Å². The van der Waals surface area contributed by atoms with E-state index >= 15 is 0 Å². The minimum atomic E-state index is -0.153. The van der Waals surface area contributed by atoms with Crippen molar-refractivity contribution in [2.45, 2.75) is 20.8 Å². The standard InChI is InChI=1S/C15H14F/c1-10-6-11(2)8-14(7-10)13-4-5-15(16)12(3)9-13/h4-5,7-9H,1-3H3. The van der Waals surface area contributed by atoms with Gasteiger partial charge in [-0.2, -0.15) is 0 Å². The average molecular weight is 213 g/mol. The van der Waals surface area contributed by atoms with E-state index in [4.69, 9.17) is 0 Å². The minimum Gasteiger partial charge on any atom is -0.207 e. The highest BCUT2D eigenvalue weighted by atomic mass is 19.1. The van der Waals surface area contributed by atoms with Crippen LogP contribution in [0.25, 0.3) is 11.1 Å². The van der Waals surface area contributed by atoms with E-state index in [1.54, 1.807) is 6.92 Å². The molecule has 2 aromatic carbocycles. The van der Waals surface area contributed by atoms with Gasteiger partial charge in [-0.25, -0.2) is 4.39 Å². The molecule has 0 heterocycles. The SMILES string of the molecule is Cc1[c]c(C)cc(-c2ccc(F)c(C)c2)c1. The molecule has 0 bridgehead atoms. The fraction of sp³-hybridized carbons (Fsp3) is 0.200. The van der Waals surface area contributed by atoms with Crippen molar-refractivity contribution in [3.63, 3.8) is 0 Å². The molecular formula is C15H14F. The van der Waals surface area contributed by atoms with Crippen LogP contribution in [0.3, 0.4) is 0 Å². The van der Waals surface area contributed by atoms with E-state index in [0.29, 0.717) is 5.56 Å². The Balaban J connectivity index is 2.54. The lowest BCUT2D eigenvalue weighted by molar-refractivity contribution is 0.619. The molecular weight excluding hydrogens is 199 g/mol. The van der Waals surface area contributed by atoms with Crippen molar-refractivity contribution in [1.29, 1.82) is 0 Å². The van der Waals surface area contributed by atoms with Gasteiger partial charge in [-0.15, -0.1) is 0 Å². The predicted octanol–water partition coefficient (Wildman–Crippen LogP) is 4.22. The van der Waals surface area contributed by atoms with Crippen molar-refractivity contribution < 1.29 is 4.39 Å². The lowest BCUT2D eigenvalue weighted by atomic mass is 9.99. The Hall–Kier alpha value is -1.63. The first-order valence-corrected chi connectivity index (χ1v) is 5.33. The summed E-state index contributed by atoms with van der Waals surface area (Å²) in [6.45, 7) is 5.83. The van der Waals surface area contributed by atoms with Crippen molar-refractivity contribution in [2.75, 3.05) is 0 Å². The van der Waals surface area contributed by atoms with Crippen LogP contribution >= 0.6 is 0 Å². The molecule has 0 N–H and O–H groups in total. The first-order chi connectivity index (χ1) is 7.56. The second-order valence-corrected chi connectivity index (χ2v) is 4.20. The number of hydrogen-bond donors (Lipinski definition) is 0. The molecule has 0 unspecified atom stereocenters. The molecule has 0 saturated carbocycles. The Morgan fingerprint density at radius 1 is 0.875 bits per heavy atom. The van der Waals surface area contributed by atoms with Crippen LogP contribution in [0.1, 0.15) is 16.7 Å². The van der Waals surface area contributed by atoms with Crippen molar-refractivity contribution in [2.24, 2.45) is 0 Å². The number of rotatable bonds is 1. The van der Waals surface area contributed by atoms with E-state index in [9.17, 15) is 4.39 Å². The molecule has 2 aromatic rings. The molecule has 0 aliphatic heterocycles. The summed E-state index contributed by atoms with van der Waals surface area (Å²) in [5.41, 5.74) is 5.07. The van der Waals surface area contributed by atoms with Crippen molar-refractivity contribution in [3.05, 3.63) is 58.9 Å². The van der Waals surface area contributed by atoms with Crippen molar-refractivity contribution >= 4 is 0 Å². The molecule has 0 amide bonds. The number of halogens is 1. The third kappa shape index (κ3) is 2.13. The maximum absolute atomic E-state index is 13.2. The van der Waals surface area contributed by atoms with Gasteiger partial charge in [0.15, 0.2) is 0 Å². The molecule has 0 aliphatic rings. The Bertz CT molecular complexity index is 507. The monoisotopic (exact) mass is 213 g/mol. The highest BCUT2D eigenvalue weighted by Gasteiger charge is 2.03. The quantitative estimate of drug-likeness (QED) is 0.665. The molecule has 0 aliphatic carbocycles. The fourth-order valence-electron chi connectivity index (χ4n) is 1.88. The van der Waals surface area contributed by atoms with Gasteiger partial charge in [0.25, 0.3) is 0 Å². The average Bonchev–Trinajstić information content (AvgIpc) is 2.20. The maximum Gasteiger partial charge on any atom is 0.126 e. The van der Waals surface area contributed by atoms with E-state index in [1.807, 2.05) is 26.0 Å². The van der Waals surface area contributed by atoms with E-state index in [2.05, 4.69) is 18.2 Å².